The van der Waals surface area contributed by atoms with E-state index in [0.717, 1.165) is 55.7 Å². The van der Waals surface area contributed by atoms with Gasteiger partial charge in [-0.15, -0.1) is 0 Å². The standard InChI is InChI=1S/C23H26N4O2/c1-16-8-9-19-18(15-16)22(25-21(24-19)20-7-4-14-29-20)26-10-12-27(13-11-26)23(28)17-5-2-3-6-17/h4,7-9,14-15,17H,2-3,5-6,10-13H2,1H3. The Balaban J connectivity index is 1.43. The summed E-state index contributed by atoms with van der Waals surface area (Å²) in [4.78, 5) is 26.7. The molecular weight excluding hydrogens is 364 g/mol. The normalized spacial score (nSPS) is 18.0. The van der Waals surface area contributed by atoms with Gasteiger partial charge in [-0.25, -0.2) is 9.97 Å². The fraction of sp³-hybridized carbons (Fsp3) is 0.435. The number of anilines is 1. The van der Waals surface area contributed by atoms with E-state index >= 15 is 0 Å². The molecule has 3 heterocycles. The third-order valence-corrected chi connectivity index (χ3v) is 6.17. The van der Waals surface area contributed by atoms with Gasteiger partial charge in [-0.2, -0.15) is 0 Å². The van der Waals surface area contributed by atoms with Crippen molar-refractivity contribution in [3.05, 3.63) is 42.2 Å². The van der Waals surface area contributed by atoms with Gasteiger partial charge in [-0.1, -0.05) is 24.5 Å². The Morgan fingerprint density at radius 2 is 1.86 bits per heavy atom. The lowest BCUT2D eigenvalue weighted by atomic mass is 10.1. The van der Waals surface area contributed by atoms with Gasteiger partial charge in [-0.3, -0.25) is 4.79 Å². The number of hydrogen-bond acceptors (Lipinski definition) is 5. The average Bonchev–Trinajstić information content (AvgIpc) is 3.47. The number of hydrogen-bond donors (Lipinski definition) is 0. The number of amides is 1. The van der Waals surface area contributed by atoms with Crippen LogP contribution in [0.25, 0.3) is 22.5 Å². The predicted octanol–water partition coefficient (Wildman–Crippen LogP) is 4.04. The Kier molecular flexibility index (Phi) is 4.70. The highest BCUT2D eigenvalue weighted by Gasteiger charge is 2.30. The Hall–Kier alpha value is -2.89. The highest BCUT2D eigenvalue weighted by Crippen LogP contribution is 2.30. The van der Waals surface area contributed by atoms with Crippen molar-refractivity contribution in [1.29, 1.82) is 0 Å². The molecule has 29 heavy (non-hydrogen) atoms. The van der Waals surface area contributed by atoms with Crippen molar-refractivity contribution in [3.63, 3.8) is 0 Å². The Bertz CT molecular complexity index is 1020. The summed E-state index contributed by atoms with van der Waals surface area (Å²) in [7, 11) is 0. The maximum atomic E-state index is 12.8. The van der Waals surface area contributed by atoms with Crippen LogP contribution in [0.5, 0.6) is 0 Å². The molecule has 6 nitrogen and oxygen atoms in total. The molecule has 1 saturated carbocycles. The van der Waals surface area contributed by atoms with Crippen molar-refractivity contribution in [3.8, 4) is 11.6 Å². The topological polar surface area (TPSA) is 62.5 Å². The summed E-state index contributed by atoms with van der Waals surface area (Å²) in [6, 6.07) is 10.0. The van der Waals surface area contributed by atoms with Crippen LogP contribution >= 0.6 is 0 Å². The number of rotatable bonds is 3. The first-order valence-corrected chi connectivity index (χ1v) is 10.5. The van der Waals surface area contributed by atoms with E-state index in [1.54, 1.807) is 6.26 Å². The van der Waals surface area contributed by atoms with Crippen LogP contribution in [0.15, 0.2) is 41.0 Å². The van der Waals surface area contributed by atoms with E-state index in [2.05, 4.69) is 28.9 Å². The minimum absolute atomic E-state index is 0.245. The van der Waals surface area contributed by atoms with Crippen molar-refractivity contribution < 1.29 is 9.21 Å². The van der Waals surface area contributed by atoms with Gasteiger partial charge in [0.25, 0.3) is 0 Å². The summed E-state index contributed by atoms with van der Waals surface area (Å²) in [5.74, 6) is 2.80. The molecule has 150 valence electrons. The first-order chi connectivity index (χ1) is 14.2. The number of carbonyl (C=O) groups is 1. The third kappa shape index (κ3) is 3.48. The zero-order chi connectivity index (χ0) is 19.8. The molecule has 0 spiro atoms. The minimum atomic E-state index is 0.245. The van der Waals surface area contributed by atoms with E-state index in [0.29, 0.717) is 17.5 Å². The maximum Gasteiger partial charge on any atom is 0.225 e. The Morgan fingerprint density at radius 1 is 1.07 bits per heavy atom. The van der Waals surface area contributed by atoms with Crippen LogP contribution in [0.3, 0.4) is 0 Å². The highest BCUT2D eigenvalue weighted by molar-refractivity contribution is 5.91. The molecule has 0 N–H and O–H groups in total. The number of aryl methyl sites for hydroxylation is 1. The van der Waals surface area contributed by atoms with E-state index in [-0.39, 0.29) is 5.92 Å². The minimum Gasteiger partial charge on any atom is -0.461 e. The third-order valence-electron chi connectivity index (χ3n) is 6.17. The van der Waals surface area contributed by atoms with Crippen molar-refractivity contribution in [1.82, 2.24) is 14.9 Å². The molecule has 3 aromatic rings. The fourth-order valence-electron chi connectivity index (χ4n) is 4.55. The molecule has 0 atom stereocenters. The molecule has 2 aliphatic rings. The molecule has 0 bridgehead atoms. The molecule has 2 fully saturated rings. The molecule has 1 aliphatic heterocycles. The molecule has 0 unspecified atom stereocenters. The number of aromatic nitrogens is 2. The van der Waals surface area contributed by atoms with E-state index in [1.807, 2.05) is 18.2 Å². The summed E-state index contributed by atoms with van der Waals surface area (Å²) in [6.45, 7) is 5.17. The van der Waals surface area contributed by atoms with Gasteiger partial charge < -0.3 is 14.2 Å². The summed E-state index contributed by atoms with van der Waals surface area (Å²) < 4.78 is 5.54. The summed E-state index contributed by atoms with van der Waals surface area (Å²) in [6.07, 6.45) is 6.14. The molecule has 5 rings (SSSR count). The Labute approximate surface area is 170 Å². The van der Waals surface area contributed by atoms with Crippen LogP contribution < -0.4 is 4.90 Å². The lowest BCUT2D eigenvalue weighted by Crippen LogP contribution is -2.50. The van der Waals surface area contributed by atoms with Crippen molar-refractivity contribution in [2.75, 3.05) is 31.1 Å². The number of fused-ring (bicyclic) bond motifs is 1. The Morgan fingerprint density at radius 3 is 2.59 bits per heavy atom. The summed E-state index contributed by atoms with van der Waals surface area (Å²) in [5.41, 5.74) is 2.10. The SMILES string of the molecule is Cc1ccc2nc(-c3ccco3)nc(N3CCN(C(=O)C4CCCC4)CC3)c2c1. The van der Waals surface area contributed by atoms with Gasteiger partial charge in [0.1, 0.15) is 5.82 Å². The molecule has 1 aromatic carbocycles. The average molecular weight is 390 g/mol. The van der Waals surface area contributed by atoms with Gasteiger partial charge in [0.15, 0.2) is 11.6 Å². The van der Waals surface area contributed by atoms with Crippen molar-refractivity contribution in [2.24, 2.45) is 5.92 Å². The van der Waals surface area contributed by atoms with Gasteiger partial charge in [0, 0.05) is 37.5 Å². The second-order valence-corrected chi connectivity index (χ2v) is 8.16. The monoisotopic (exact) mass is 390 g/mol. The second-order valence-electron chi connectivity index (χ2n) is 8.16. The fourth-order valence-corrected chi connectivity index (χ4v) is 4.55. The van der Waals surface area contributed by atoms with E-state index < -0.39 is 0 Å². The van der Waals surface area contributed by atoms with E-state index in [9.17, 15) is 4.79 Å². The first-order valence-electron chi connectivity index (χ1n) is 10.5. The largest absolute Gasteiger partial charge is 0.461 e. The number of carbonyl (C=O) groups excluding carboxylic acids is 1. The number of piperazine rings is 1. The van der Waals surface area contributed by atoms with Gasteiger partial charge >= 0.3 is 0 Å². The second kappa shape index (κ2) is 7.50. The number of furan rings is 1. The quantitative estimate of drug-likeness (QED) is 0.675. The summed E-state index contributed by atoms with van der Waals surface area (Å²) in [5, 5.41) is 1.05. The van der Waals surface area contributed by atoms with Crippen LogP contribution in [0.4, 0.5) is 5.82 Å². The van der Waals surface area contributed by atoms with Crippen molar-refractivity contribution >= 4 is 22.6 Å². The molecule has 6 heteroatoms. The van der Waals surface area contributed by atoms with Crippen LogP contribution in [0.2, 0.25) is 0 Å². The number of nitrogens with zero attached hydrogens (tertiary/aromatic N) is 4. The smallest absolute Gasteiger partial charge is 0.225 e. The van der Waals surface area contributed by atoms with Crippen molar-refractivity contribution in [2.45, 2.75) is 32.6 Å². The molecular formula is C23H26N4O2. The molecule has 2 aromatic heterocycles. The molecule has 1 aliphatic carbocycles. The van der Waals surface area contributed by atoms with Crippen LogP contribution in [-0.4, -0.2) is 47.0 Å². The number of benzene rings is 1. The highest BCUT2D eigenvalue weighted by atomic mass is 16.3. The van der Waals surface area contributed by atoms with Gasteiger partial charge in [0.05, 0.1) is 11.8 Å². The van der Waals surface area contributed by atoms with Gasteiger partial charge in [-0.05, 0) is 44.0 Å². The molecule has 1 saturated heterocycles. The lowest BCUT2D eigenvalue weighted by Gasteiger charge is -2.37. The summed E-state index contributed by atoms with van der Waals surface area (Å²) >= 11 is 0. The maximum absolute atomic E-state index is 12.8. The zero-order valence-corrected chi connectivity index (χ0v) is 16.8. The van der Waals surface area contributed by atoms with Crippen LogP contribution in [-0.2, 0) is 4.79 Å². The van der Waals surface area contributed by atoms with Crippen LogP contribution in [0, 0.1) is 12.8 Å². The zero-order valence-electron chi connectivity index (χ0n) is 16.8. The van der Waals surface area contributed by atoms with Gasteiger partial charge in [0.2, 0.25) is 5.91 Å². The first kappa shape index (κ1) is 18.2. The molecule has 0 radical (unpaired) electrons. The van der Waals surface area contributed by atoms with E-state index in [4.69, 9.17) is 14.4 Å². The predicted molar refractivity (Wildman–Crippen MR) is 113 cm³/mol. The van der Waals surface area contributed by atoms with Crippen LogP contribution in [0.1, 0.15) is 31.2 Å². The lowest BCUT2D eigenvalue weighted by molar-refractivity contribution is -0.135. The molecule has 1 amide bonds. The van der Waals surface area contributed by atoms with E-state index in [1.165, 1.54) is 18.4 Å².